The molecule has 0 aromatic heterocycles. The topological polar surface area (TPSA) is 50.4 Å². The number of methoxy groups -OCH3 is 1. The van der Waals surface area contributed by atoms with Crippen molar-refractivity contribution >= 4 is 11.7 Å². The summed E-state index contributed by atoms with van der Waals surface area (Å²) >= 11 is 0. The average Bonchev–Trinajstić information content (AvgIpc) is 2.51. The Balaban J connectivity index is 1.80. The number of anilines is 1. The zero-order chi connectivity index (χ0) is 16.7. The van der Waals surface area contributed by atoms with Gasteiger partial charge in [0, 0.05) is 31.6 Å². The summed E-state index contributed by atoms with van der Waals surface area (Å²) in [6.07, 6.45) is 1.51. The maximum absolute atomic E-state index is 13.3. The van der Waals surface area contributed by atoms with Gasteiger partial charge in [0.1, 0.15) is 0 Å². The Kier molecular flexibility index (Phi) is 4.04. The molecule has 1 heterocycles. The fraction of sp³-hybridized carbons (Fsp3) is 0.588. The summed E-state index contributed by atoms with van der Waals surface area (Å²) in [4.78, 5) is 11.7. The van der Waals surface area contributed by atoms with E-state index in [2.05, 4.69) is 10.6 Å². The molecule has 23 heavy (non-hydrogen) atoms. The minimum absolute atomic E-state index is 0.00267. The number of esters is 1. The van der Waals surface area contributed by atoms with Crippen molar-refractivity contribution in [1.29, 1.82) is 0 Å². The molecule has 1 atom stereocenters. The highest BCUT2D eigenvalue weighted by atomic mass is 19.3. The van der Waals surface area contributed by atoms with Gasteiger partial charge in [-0.3, -0.25) is 0 Å². The molecule has 1 aromatic carbocycles. The van der Waals surface area contributed by atoms with Gasteiger partial charge in [-0.15, -0.1) is 0 Å². The van der Waals surface area contributed by atoms with Crippen molar-refractivity contribution in [1.82, 2.24) is 5.32 Å². The van der Waals surface area contributed by atoms with Crippen LogP contribution in [0.4, 0.5) is 14.5 Å². The summed E-state index contributed by atoms with van der Waals surface area (Å²) in [5, 5.41) is 6.41. The second kappa shape index (κ2) is 5.74. The molecule has 0 radical (unpaired) electrons. The van der Waals surface area contributed by atoms with E-state index >= 15 is 0 Å². The Morgan fingerprint density at radius 2 is 2.13 bits per heavy atom. The minimum atomic E-state index is -2.49. The van der Waals surface area contributed by atoms with E-state index in [4.69, 9.17) is 4.74 Å². The second-order valence-electron chi connectivity index (χ2n) is 6.72. The first kappa shape index (κ1) is 16.2. The smallest absolute Gasteiger partial charge is 0.339 e. The maximum Gasteiger partial charge on any atom is 0.339 e. The van der Waals surface area contributed by atoms with Crippen molar-refractivity contribution in [2.24, 2.45) is 5.41 Å². The van der Waals surface area contributed by atoms with E-state index in [-0.39, 0.29) is 24.3 Å². The third-order valence-corrected chi connectivity index (χ3v) is 5.07. The van der Waals surface area contributed by atoms with Gasteiger partial charge in [-0.1, -0.05) is 6.07 Å². The van der Waals surface area contributed by atoms with Crippen LogP contribution >= 0.6 is 0 Å². The Labute approximate surface area is 134 Å². The van der Waals surface area contributed by atoms with Crippen LogP contribution in [0, 0.1) is 5.41 Å². The monoisotopic (exact) mass is 324 g/mol. The van der Waals surface area contributed by atoms with Gasteiger partial charge in [-0.25, -0.2) is 13.6 Å². The van der Waals surface area contributed by atoms with Crippen molar-refractivity contribution in [2.45, 2.75) is 37.6 Å². The van der Waals surface area contributed by atoms with E-state index in [9.17, 15) is 13.6 Å². The van der Waals surface area contributed by atoms with Crippen LogP contribution in [0.1, 0.15) is 47.6 Å². The number of carbonyl (C=O) groups excluding carboxylic acids is 1. The zero-order valence-electron chi connectivity index (χ0n) is 13.4. The summed E-state index contributed by atoms with van der Waals surface area (Å²) in [5.74, 6) is -2.89. The molecule has 1 aliphatic heterocycles. The summed E-state index contributed by atoms with van der Waals surface area (Å²) in [6, 6.07) is 5.55. The molecule has 6 heteroatoms. The molecule has 1 saturated heterocycles. The molecule has 2 fully saturated rings. The van der Waals surface area contributed by atoms with Crippen molar-refractivity contribution in [3.8, 4) is 0 Å². The average molecular weight is 324 g/mol. The standard InChI is InChI=1S/C17H22F2N2O2/c1-20-13-7-11(3-4-12(13)15(22)23-2)14-8-16(5-6-21-14)9-17(18,19)10-16/h3-4,7,14,20-21H,5-6,8-10H2,1-2H3. The SMILES string of the molecule is CNc1cc(C2CC3(CCN2)CC(F)(F)C3)ccc1C(=O)OC. The summed E-state index contributed by atoms with van der Waals surface area (Å²) in [7, 11) is 3.09. The van der Waals surface area contributed by atoms with Gasteiger partial charge in [0.15, 0.2) is 0 Å². The van der Waals surface area contributed by atoms with Crippen molar-refractivity contribution in [2.75, 3.05) is 26.0 Å². The molecule has 1 saturated carbocycles. The van der Waals surface area contributed by atoms with Crippen molar-refractivity contribution in [3.63, 3.8) is 0 Å². The number of carbonyl (C=O) groups is 1. The number of ether oxygens (including phenoxy) is 1. The molecule has 0 bridgehead atoms. The first-order valence-electron chi connectivity index (χ1n) is 7.89. The van der Waals surface area contributed by atoms with Crippen LogP contribution in [0.5, 0.6) is 0 Å². The van der Waals surface area contributed by atoms with Crippen LogP contribution in [-0.4, -0.2) is 32.6 Å². The number of halogens is 2. The van der Waals surface area contributed by atoms with Crippen molar-refractivity contribution in [3.05, 3.63) is 29.3 Å². The van der Waals surface area contributed by atoms with Crippen LogP contribution in [0.2, 0.25) is 0 Å². The molecular weight excluding hydrogens is 302 g/mol. The molecule has 1 aliphatic carbocycles. The Morgan fingerprint density at radius 3 is 2.74 bits per heavy atom. The molecule has 1 spiro atoms. The lowest BCUT2D eigenvalue weighted by molar-refractivity contribution is -0.174. The van der Waals surface area contributed by atoms with Gasteiger partial charge in [0.05, 0.1) is 12.7 Å². The molecule has 0 amide bonds. The molecule has 4 nitrogen and oxygen atoms in total. The Bertz CT molecular complexity index is 611. The third kappa shape index (κ3) is 3.04. The first-order valence-corrected chi connectivity index (χ1v) is 7.89. The number of piperidine rings is 1. The second-order valence-corrected chi connectivity index (χ2v) is 6.72. The number of benzene rings is 1. The predicted molar refractivity (Wildman–Crippen MR) is 83.9 cm³/mol. The minimum Gasteiger partial charge on any atom is -0.465 e. The van der Waals surface area contributed by atoms with E-state index < -0.39 is 11.9 Å². The van der Waals surface area contributed by atoms with Gasteiger partial charge in [0.25, 0.3) is 0 Å². The number of rotatable bonds is 3. The van der Waals surface area contributed by atoms with E-state index in [0.717, 1.165) is 18.5 Å². The van der Waals surface area contributed by atoms with E-state index in [1.54, 1.807) is 13.1 Å². The summed E-state index contributed by atoms with van der Waals surface area (Å²) in [5.41, 5.74) is 1.94. The lowest BCUT2D eigenvalue weighted by atomic mass is 9.59. The maximum atomic E-state index is 13.3. The van der Waals surface area contributed by atoms with E-state index in [1.165, 1.54) is 7.11 Å². The molecule has 3 rings (SSSR count). The number of hydrogen-bond acceptors (Lipinski definition) is 4. The number of nitrogens with one attached hydrogen (secondary N) is 2. The fourth-order valence-electron chi connectivity index (χ4n) is 3.99. The van der Waals surface area contributed by atoms with Crippen LogP contribution < -0.4 is 10.6 Å². The van der Waals surface area contributed by atoms with Crippen LogP contribution in [0.25, 0.3) is 0 Å². The quantitative estimate of drug-likeness (QED) is 0.837. The predicted octanol–water partition coefficient (Wildman–Crippen LogP) is 3.35. The zero-order valence-corrected chi connectivity index (χ0v) is 13.4. The highest BCUT2D eigenvalue weighted by molar-refractivity contribution is 5.95. The lowest BCUT2D eigenvalue weighted by Crippen LogP contribution is -2.52. The highest BCUT2D eigenvalue weighted by Gasteiger charge is 2.57. The lowest BCUT2D eigenvalue weighted by Gasteiger charge is -2.52. The largest absolute Gasteiger partial charge is 0.465 e. The van der Waals surface area contributed by atoms with Crippen molar-refractivity contribution < 1.29 is 18.3 Å². The Morgan fingerprint density at radius 1 is 1.39 bits per heavy atom. The number of hydrogen-bond donors (Lipinski definition) is 2. The summed E-state index contributed by atoms with van der Waals surface area (Å²) < 4.78 is 31.4. The van der Waals surface area contributed by atoms with E-state index in [0.29, 0.717) is 17.7 Å². The van der Waals surface area contributed by atoms with Crippen LogP contribution in [0.15, 0.2) is 18.2 Å². The third-order valence-electron chi connectivity index (χ3n) is 5.07. The molecule has 1 aromatic rings. The normalized spacial score (nSPS) is 24.8. The first-order chi connectivity index (χ1) is 10.9. The van der Waals surface area contributed by atoms with Gasteiger partial charge < -0.3 is 15.4 Å². The molecule has 2 aliphatic rings. The van der Waals surface area contributed by atoms with Gasteiger partial charge in [0.2, 0.25) is 5.92 Å². The fourth-order valence-corrected chi connectivity index (χ4v) is 3.99. The van der Waals surface area contributed by atoms with Gasteiger partial charge in [-0.2, -0.15) is 0 Å². The Hall–Kier alpha value is -1.69. The van der Waals surface area contributed by atoms with E-state index in [1.807, 2.05) is 12.1 Å². The van der Waals surface area contributed by atoms with Gasteiger partial charge >= 0.3 is 5.97 Å². The van der Waals surface area contributed by atoms with Crippen LogP contribution in [0.3, 0.4) is 0 Å². The van der Waals surface area contributed by atoms with Crippen LogP contribution in [-0.2, 0) is 4.74 Å². The van der Waals surface area contributed by atoms with Gasteiger partial charge in [-0.05, 0) is 42.5 Å². The summed E-state index contributed by atoms with van der Waals surface area (Å²) in [6.45, 7) is 0.744. The molecular formula is C17H22F2N2O2. The molecule has 126 valence electrons. The highest BCUT2D eigenvalue weighted by Crippen LogP contribution is 2.59. The molecule has 2 N–H and O–H groups in total. The molecule has 1 unspecified atom stereocenters. The number of alkyl halides is 2.